The Kier molecular flexibility index (Phi) is 11.2. The minimum atomic E-state index is -0.803. The van der Waals surface area contributed by atoms with Gasteiger partial charge in [-0.1, -0.05) is 61.7 Å². The number of benzene rings is 2. The molecule has 0 heterocycles. The maximum atomic E-state index is 14.0. The highest BCUT2D eigenvalue weighted by molar-refractivity contribution is 5.92. The maximum absolute atomic E-state index is 14.0. The van der Waals surface area contributed by atoms with Crippen molar-refractivity contribution in [1.29, 1.82) is 0 Å². The van der Waals surface area contributed by atoms with Crippen LogP contribution in [0.5, 0.6) is 5.75 Å². The number of fused-ring (bicyclic) bond motifs is 3. The van der Waals surface area contributed by atoms with E-state index in [1.54, 1.807) is 0 Å². The lowest BCUT2D eigenvalue weighted by Gasteiger charge is -2.53. The van der Waals surface area contributed by atoms with Crippen LogP contribution < -0.4 is 26.4 Å². The van der Waals surface area contributed by atoms with E-state index in [0.29, 0.717) is 26.0 Å². The molecule has 2 bridgehead atoms. The summed E-state index contributed by atoms with van der Waals surface area (Å²) in [6, 6.07) is 15.8. The van der Waals surface area contributed by atoms with Gasteiger partial charge in [-0.25, -0.2) is 0 Å². The second-order valence-corrected chi connectivity index (χ2v) is 13.9. The van der Waals surface area contributed by atoms with Crippen molar-refractivity contribution in [2.24, 2.45) is 22.5 Å². The van der Waals surface area contributed by atoms with Gasteiger partial charge in [0.1, 0.15) is 17.8 Å². The van der Waals surface area contributed by atoms with Crippen molar-refractivity contribution in [3.05, 3.63) is 65.7 Å². The van der Waals surface area contributed by atoms with Gasteiger partial charge in [0.15, 0.2) is 0 Å². The van der Waals surface area contributed by atoms with Crippen LogP contribution in [0.2, 0.25) is 0 Å². The van der Waals surface area contributed by atoms with Gasteiger partial charge in [0.2, 0.25) is 17.7 Å². The Morgan fingerprint density at radius 2 is 1.36 bits per heavy atom. The predicted molar refractivity (Wildman–Crippen MR) is 177 cm³/mol. The standard InChI is InChI=1S/C37H52N4O4/c1-2-45-30-15-13-28(14-16-30)24-32(40-33(42)29-11-7-4-8-12-29)35(44)41-31(23-27-9-5-3-6-10-27)34(43)39-26-37-20-17-36(25-38,18-21-37)19-22-37/h3,5-6,9-10,13-16,29,31-32H,2,4,7-8,11-12,17-26,38H2,1H3,(H,39,43)(H,40,42)(H,41,44). The average molecular weight is 617 g/mol. The molecule has 4 aliphatic rings. The van der Waals surface area contributed by atoms with E-state index in [-0.39, 0.29) is 34.5 Å². The fourth-order valence-corrected chi connectivity index (χ4v) is 7.63. The zero-order chi connectivity index (χ0) is 31.7. The summed E-state index contributed by atoms with van der Waals surface area (Å²) < 4.78 is 5.59. The summed E-state index contributed by atoms with van der Waals surface area (Å²) in [5.41, 5.74) is 8.39. The van der Waals surface area contributed by atoms with Gasteiger partial charge in [-0.15, -0.1) is 0 Å². The van der Waals surface area contributed by atoms with Gasteiger partial charge in [0.05, 0.1) is 6.61 Å². The first kappa shape index (κ1) is 33.0. The molecule has 4 aliphatic carbocycles. The smallest absolute Gasteiger partial charge is 0.243 e. The monoisotopic (exact) mass is 616 g/mol. The third kappa shape index (κ3) is 8.66. The van der Waals surface area contributed by atoms with Crippen LogP contribution in [0.1, 0.15) is 88.7 Å². The summed E-state index contributed by atoms with van der Waals surface area (Å²) in [6.07, 6.45) is 12.2. The molecule has 45 heavy (non-hydrogen) atoms. The molecule has 3 amide bonds. The summed E-state index contributed by atoms with van der Waals surface area (Å²) in [5, 5.41) is 9.37. The first-order chi connectivity index (χ1) is 21.8. The predicted octanol–water partition coefficient (Wildman–Crippen LogP) is 4.84. The summed E-state index contributed by atoms with van der Waals surface area (Å²) in [5.74, 6) is 0.0805. The number of carbonyl (C=O) groups excluding carboxylic acids is 3. The van der Waals surface area contributed by atoms with E-state index >= 15 is 0 Å². The summed E-state index contributed by atoms with van der Waals surface area (Å²) in [7, 11) is 0. The fourth-order valence-electron chi connectivity index (χ4n) is 7.63. The van der Waals surface area contributed by atoms with Gasteiger partial charge in [-0.05, 0) is 98.9 Å². The molecule has 4 saturated carbocycles. The largest absolute Gasteiger partial charge is 0.494 e. The van der Waals surface area contributed by atoms with E-state index in [1.165, 1.54) is 0 Å². The van der Waals surface area contributed by atoms with Crippen LogP contribution in [0.15, 0.2) is 54.6 Å². The average Bonchev–Trinajstić information content (AvgIpc) is 3.09. The molecule has 0 radical (unpaired) electrons. The molecule has 6 rings (SSSR count). The highest BCUT2D eigenvalue weighted by atomic mass is 16.5. The van der Waals surface area contributed by atoms with Gasteiger partial charge >= 0.3 is 0 Å². The van der Waals surface area contributed by atoms with Gasteiger partial charge in [-0.2, -0.15) is 0 Å². The van der Waals surface area contributed by atoms with Crippen molar-refractivity contribution in [2.75, 3.05) is 19.7 Å². The lowest BCUT2D eigenvalue weighted by atomic mass is 9.54. The highest BCUT2D eigenvalue weighted by Crippen LogP contribution is 2.56. The fraction of sp³-hybridized carbons (Fsp3) is 0.595. The molecule has 0 spiro atoms. The van der Waals surface area contributed by atoms with Crippen molar-refractivity contribution < 1.29 is 19.1 Å². The molecule has 8 heteroatoms. The van der Waals surface area contributed by atoms with E-state index < -0.39 is 12.1 Å². The minimum Gasteiger partial charge on any atom is -0.494 e. The summed E-state index contributed by atoms with van der Waals surface area (Å²) in [6.45, 7) is 3.87. The van der Waals surface area contributed by atoms with Crippen LogP contribution in [0.3, 0.4) is 0 Å². The third-order valence-corrected chi connectivity index (χ3v) is 10.8. The number of nitrogens with one attached hydrogen (secondary N) is 3. The Labute approximate surface area is 268 Å². The zero-order valence-corrected chi connectivity index (χ0v) is 27.0. The van der Waals surface area contributed by atoms with Gasteiger partial charge in [0, 0.05) is 25.3 Å². The number of rotatable bonds is 14. The molecule has 4 fully saturated rings. The molecule has 2 aromatic rings. The lowest BCUT2D eigenvalue weighted by Crippen LogP contribution is -2.57. The number of amides is 3. The maximum Gasteiger partial charge on any atom is 0.243 e. The van der Waals surface area contributed by atoms with Crippen LogP contribution in [-0.4, -0.2) is 49.5 Å². The Morgan fingerprint density at radius 1 is 0.778 bits per heavy atom. The molecular weight excluding hydrogens is 564 g/mol. The SMILES string of the molecule is CCOc1ccc(CC(NC(=O)C2CCCCC2)C(=O)NC(Cc2ccccc2)C(=O)NCC23CCC(CN)(CC2)CC3)cc1. The molecule has 8 nitrogen and oxygen atoms in total. The topological polar surface area (TPSA) is 123 Å². The molecule has 2 unspecified atom stereocenters. The van der Waals surface area contributed by atoms with E-state index in [4.69, 9.17) is 10.5 Å². The third-order valence-electron chi connectivity index (χ3n) is 10.8. The van der Waals surface area contributed by atoms with Crippen molar-refractivity contribution in [1.82, 2.24) is 16.0 Å². The van der Waals surface area contributed by atoms with Crippen molar-refractivity contribution >= 4 is 17.7 Å². The van der Waals surface area contributed by atoms with Gasteiger partial charge in [-0.3, -0.25) is 14.4 Å². The summed E-state index contributed by atoms with van der Waals surface area (Å²) in [4.78, 5) is 41.2. The van der Waals surface area contributed by atoms with Crippen LogP contribution in [0.25, 0.3) is 0 Å². The quantitative estimate of drug-likeness (QED) is 0.242. The molecule has 0 aromatic heterocycles. The number of hydrogen-bond donors (Lipinski definition) is 4. The minimum absolute atomic E-state index is 0.0768. The van der Waals surface area contributed by atoms with Crippen LogP contribution >= 0.6 is 0 Å². The van der Waals surface area contributed by atoms with E-state index in [2.05, 4.69) is 16.0 Å². The van der Waals surface area contributed by atoms with Crippen LogP contribution in [0.4, 0.5) is 0 Å². The molecule has 244 valence electrons. The number of nitrogens with two attached hydrogens (primary N) is 1. The number of carbonyl (C=O) groups is 3. The summed E-state index contributed by atoms with van der Waals surface area (Å²) >= 11 is 0. The molecular formula is C37H52N4O4. The van der Waals surface area contributed by atoms with Gasteiger partial charge in [0.25, 0.3) is 0 Å². The Bertz CT molecular complexity index is 1250. The molecule has 5 N–H and O–H groups in total. The zero-order valence-electron chi connectivity index (χ0n) is 27.0. The second kappa shape index (κ2) is 15.3. The normalized spacial score (nSPS) is 24.3. The number of hydrogen-bond acceptors (Lipinski definition) is 5. The van der Waals surface area contributed by atoms with Crippen molar-refractivity contribution in [2.45, 2.75) is 102 Å². The first-order valence-corrected chi connectivity index (χ1v) is 17.2. The first-order valence-electron chi connectivity index (χ1n) is 17.2. The molecule has 2 atom stereocenters. The van der Waals surface area contributed by atoms with Crippen LogP contribution in [0, 0.1) is 16.7 Å². The molecule has 0 saturated heterocycles. The highest BCUT2D eigenvalue weighted by Gasteiger charge is 2.48. The van der Waals surface area contributed by atoms with Crippen molar-refractivity contribution in [3.63, 3.8) is 0 Å². The second-order valence-electron chi connectivity index (χ2n) is 13.9. The van der Waals surface area contributed by atoms with E-state index in [0.717, 1.165) is 94.1 Å². The van der Waals surface area contributed by atoms with E-state index in [1.807, 2.05) is 61.5 Å². The van der Waals surface area contributed by atoms with E-state index in [9.17, 15) is 14.4 Å². The number of ether oxygens (including phenoxy) is 1. The Hall–Kier alpha value is -3.39. The Balaban J connectivity index is 1.30. The Morgan fingerprint density at radius 3 is 1.96 bits per heavy atom. The van der Waals surface area contributed by atoms with Crippen LogP contribution in [-0.2, 0) is 27.2 Å². The van der Waals surface area contributed by atoms with Gasteiger partial charge < -0.3 is 26.4 Å². The molecule has 2 aromatic carbocycles. The van der Waals surface area contributed by atoms with Crippen molar-refractivity contribution in [3.8, 4) is 5.75 Å². The lowest BCUT2D eigenvalue weighted by molar-refractivity contribution is -0.133. The molecule has 0 aliphatic heterocycles.